The van der Waals surface area contributed by atoms with Crippen LogP contribution in [-0.4, -0.2) is 73.3 Å². The number of piperidine rings is 1. The SMILES string of the molecule is CCCN1CC2(CCN(Cc3ccc(C(=O)N(Cc4ncc[nH]4)Cc4ncc[nH]4)cc3)CC2)C1. The van der Waals surface area contributed by atoms with E-state index in [9.17, 15) is 4.79 Å². The number of nitrogens with one attached hydrogen (secondary N) is 2. The van der Waals surface area contributed by atoms with Gasteiger partial charge in [0.25, 0.3) is 5.91 Å². The number of hydrogen-bond acceptors (Lipinski definition) is 5. The Kier molecular flexibility index (Phi) is 6.78. The van der Waals surface area contributed by atoms with E-state index >= 15 is 0 Å². The van der Waals surface area contributed by atoms with Crippen molar-refractivity contribution in [3.63, 3.8) is 0 Å². The summed E-state index contributed by atoms with van der Waals surface area (Å²) in [5.74, 6) is 1.48. The first-order chi connectivity index (χ1) is 16.6. The molecule has 4 heterocycles. The van der Waals surface area contributed by atoms with Crippen LogP contribution >= 0.6 is 0 Å². The first kappa shape index (κ1) is 22.8. The van der Waals surface area contributed by atoms with Crippen molar-refractivity contribution < 1.29 is 4.79 Å². The zero-order valence-electron chi connectivity index (χ0n) is 20.0. The van der Waals surface area contributed by atoms with Crippen molar-refractivity contribution in [2.75, 3.05) is 32.7 Å². The van der Waals surface area contributed by atoms with Gasteiger partial charge in [-0.2, -0.15) is 0 Å². The summed E-state index contributed by atoms with van der Waals surface area (Å²) in [5, 5.41) is 0. The van der Waals surface area contributed by atoms with Crippen molar-refractivity contribution in [1.82, 2.24) is 34.6 Å². The molecule has 34 heavy (non-hydrogen) atoms. The van der Waals surface area contributed by atoms with Crippen LogP contribution in [0.3, 0.4) is 0 Å². The van der Waals surface area contributed by atoms with E-state index in [-0.39, 0.29) is 5.91 Å². The minimum atomic E-state index is -0.0270. The molecule has 0 aliphatic carbocycles. The molecule has 8 heteroatoms. The molecule has 3 aromatic rings. The highest BCUT2D eigenvalue weighted by atomic mass is 16.2. The summed E-state index contributed by atoms with van der Waals surface area (Å²) in [6.45, 7) is 10.2. The zero-order valence-corrected chi connectivity index (χ0v) is 20.0. The monoisotopic (exact) mass is 461 g/mol. The summed E-state index contributed by atoms with van der Waals surface area (Å²) < 4.78 is 0. The van der Waals surface area contributed by atoms with Gasteiger partial charge in [-0.15, -0.1) is 0 Å². The lowest BCUT2D eigenvalue weighted by Gasteiger charge is -2.54. The Labute approximate surface area is 201 Å². The molecule has 1 spiro atoms. The number of nitrogens with zero attached hydrogens (tertiary/aromatic N) is 5. The van der Waals surface area contributed by atoms with Crippen LogP contribution in [-0.2, 0) is 19.6 Å². The molecule has 2 aliphatic rings. The van der Waals surface area contributed by atoms with Crippen LogP contribution in [0, 0.1) is 5.41 Å². The van der Waals surface area contributed by atoms with Gasteiger partial charge < -0.3 is 19.8 Å². The van der Waals surface area contributed by atoms with Gasteiger partial charge in [-0.1, -0.05) is 19.1 Å². The number of likely N-dealkylation sites (tertiary alicyclic amines) is 2. The molecule has 5 rings (SSSR count). The van der Waals surface area contributed by atoms with E-state index in [1.54, 1.807) is 29.7 Å². The molecular formula is C26H35N7O. The third kappa shape index (κ3) is 5.23. The molecule has 2 saturated heterocycles. The van der Waals surface area contributed by atoms with Crippen molar-refractivity contribution >= 4 is 5.91 Å². The lowest BCUT2D eigenvalue weighted by atomic mass is 9.72. The van der Waals surface area contributed by atoms with Gasteiger partial charge in [0.2, 0.25) is 0 Å². The van der Waals surface area contributed by atoms with Crippen molar-refractivity contribution in [2.24, 2.45) is 5.41 Å². The Bertz CT molecular complexity index is 993. The van der Waals surface area contributed by atoms with Crippen molar-refractivity contribution in [3.8, 4) is 0 Å². The van der Waals surface area contributed by atoms with Gasteiger partial charge in [-0.05, 0) is 62.0 Å². The maximum atomic E-state index is 13.3. The van der Waals surface area contributed by atoms with Crippen molar-refractivity contribution in [3.05, 3.63) is 71.8 Å². The van der Waals surface area contributed by atoms with Crippen LogP contribution in [0.2, 0.25) is 0 Å². The van der Waals surface area contributed by atoms with Gasteiger partial charge in [0.15, 0.2) is 0 Å². The molecular weight excluding hydrogens is 426 g/mol. The molecule has 1 amide bonds. The fourth-order valence-electron chi connectivity index (χ4n) is 5.40. The third-order valence-corrected chi connectivity index (χ3v) is 7.26. The highest BCUT2D eigenvalue weighted by Crippen LogP contribution is 2.40. The molecule has 0 bridgehead atoms. The number of aromatic nitrogens is 4. The van der Waals surface area contributed by atoms with Gasteiger partial charge in [0.1, 0.15) is 11.6 Å². The summed E-state index contributed by atoms with van der Waals surface area (Å²) in [4.78, 5) is 35.0. The number of hydrogen-bond donors (Lipinski definition) is 2. The van der Waals surface area contributed by atoms with Gasteiger partial charge in [0.05, 0.1) is 13.1 Å². The van der Waals surface area contributed by atoms with Crippen LogP contribution in [0.1, 0.15) is 53.8 Å². The number of amides is 1. The van der Waals surface area contributed by atoms with Gasteiger partial charge in [0, 0.05) is 50.0 Å². The Morgan fingerprint density at radius 3 is 2.12 bits per heavy atom. The molecule has 2 fully saturated rings. The lowest BCUT2D eigenvalue weighted by molar-refractivity contribution is -0.0474. The fraction of sp³-hybridized carbons (Fsp3) is 0.500. The highest BCUT2D eigenvalue weighted by molar-refractivity contribution is 5.94. The minimum absolute atomic E-state index is 0.0270. The van der Waals surface area contributed by atoms with Gasteiger partial charge >= 0.3 is 0 Å². The Morgan fingerprint density at radius 1 is 0.971 bits per heavy atom. The number of H-pyrrole nitrogens is 2. The van der Waals surface area contributed by atoms with Gasteiger partial charge in [-0.25, -0.2) is 9.97 Å². The maximum Gasteiger partial charge on any atom is 0.254 e. The minimum Gasteiger partial charge on any atom is -0.347 e. The summed E-state index contributed by atoms with van der Waals surface area (Å²) in [6, 6.07) is 8.10. The fourth-order valence-corrected chi connectivity index (χ4v) is 5.40. The van der Waals surface area contributed by atoms with Crippen molar-refractivity contribution in [2.45, 2.75) is 45.8 Å². The summed E-state index contributed by atoms with van der Waals surface area (Å²) in [5.41, 5.74) is 2.52. The summed E-state index contributed by atoms with van der Waals surface area (Å²) >= 11 is 0. The molecule has 2 aliphatic heterocycles. The molecule has 2 aromatic heterocycles. The molecule has 0 radical (unpaired) electrons. The summed E-state index contributed by atoms with van der Waals surface area (Å²) in [7, 11) is 0. The van der Waals surface area contributed by atoms with E-state index in [2.05, 4.69) is 48.8 Å². The van der Waals surface area contributed by atoms with Crippen molar-refractivity contribution in [1.29, 1.82) is 0 Å². The zero-order chi connectivity index (χ0) is 23.4. The average molecular weight is 462 g/mol. The van der Waals surface area contributed by atoms with Crippen LogP contribution in [0.5, 0.6) is 0 Å². The third-order valence-electron chi connectivity index (χ3n) is 7.26. The normalized spacial score (nSPS) is 18.1. The number of aromatic amines is 2. The number of rotatable bonds is 9. The van der Waals surface area contributed by atoms with E-state index in [4.69, 9.17) is 0 Å². The Hall–Kier alpha value is -2.97. The molecule has 0 unspecified atom stereocenters. The van der Waals surface area contributed by atoms with Gasteiger partial charge in [-0.3, -0.25) is 9.69 Å². The average Bonchev–Trinajstić information content (AvgIpc) is 3.54. The van der Waals surface area contributed by atoms with Crippen LogP contribution in [0.25, 0.3) is 0 Å². The number of carbonyl (C=O) groups is 1. The topological polar surface area (TPSA) is 84.2 Å². The second-order valence-electron chi connectivity index (χ2n) is 9.92. The first-order valence-corrected chi connectivity index (χ1v) is 12.4. The molecule has 0 saturated carbocycles. The number of carbonyl (C=O) groups excluding carboxylic acids is 1. The lowest BCUT2D eigenvalue weighted by Crippen LogP contribution is -2.60. The molecule has 0 atom stereocenters. The Morgan fingerprint density at radius 2 is 1.59 bits per heavy atom. The highest BCUT2D eigenvalue weighted by Gasteiger charge is 2.44. The Balaban J connectivity index is 1.17. The van der Waals surface area contributed by atoms with Crippen LogP contribution in [0.4, 0.5) is 0 Å². The standard InChI is InChI=1S/C26H35N7O/c1-2-13-32-19-26(20-32)7-14-31(15-8-26)16-21-3-5-22(6-4-21)25(34)33(17-23-27-9-10-28-23)18-24-29-11-12-30-24/h3-6,9-12H,2,7-8,13-20H2,1H3,(H,27,28)(H,29,30). The largest absolute Gasteiger partial charge is 0.347 e. The quantitative estimate of drug-likeness (QED) is 0.511. The van der Waals surface area contributed by atoms with E-state index in [1.165, 1.54) is 57.5 Å². The predicted octanol–water partition coefficient (Wildman–Crippen LogP) is 3.28. The smallest absolute Gasteiger partial charge is 0.254 e. The van der Waals surface area contributed by atoms with E-state index in [0.717, 1.165) is 18.2 Å². The molecule has 180 valence electrons. The van der Waals surface area contributed by atoms with Crippen LogP contribution < -0.4 is 0 Å². The summed E-state index contributed by atoms with van der Waals surface area (Å²) in [6.07, 6.45) is 10.8. The number of benzene rings is 1. The second kappa shape index (κ2) is 10.1. The molecule has 2 N–H and O–H groups in total. The second-order valence-corrected chi connectivity index (χ2v) is 9.92. The molecule has 1 aromatic carbocycles. The van der Waals surface area contributed by atoms with E-state index in [1.807, 2.05) is 12.1 Å². The van der Waals surface area contributed by atoms with E-state index in [0.29, 0.717) is 24.1 Å². The first-order valence-electron chi connectivity index (χ1n) is 12.4. The van der Waals surface area contributed by atoms with E-state index < -0.39 is 0 Å². The maximum absolute atomic E-state index is 13.3. The number of imidazole rings is 2. The predicted molar refractivity (Wildman–Crippen MR) is 131 cm³/mol. The molecule has 8 nitrogen and oxygen atoms in total. The van der Waals surface area contributed by atoms with Crippen LogP contribution in [0.15, 0.2) is 49.1 Å².